The van der Waals surface area contributed by atoms with E-state index in [2.05, 4.69) is 0 Å². The highest BCUT2D eigenvalue weighted by molar-refractivity contribution is 7.97. The minimum Gasteiger partial charge on any atom is -0.0531 e. The van der Waals surface area contributed by atoms with E-state index in [4.69, 9.17) is 0 Å². The first kappa shape index (κ1) is 15.1. The van der Waals surface area contributed by atoms with E-state index in [-0.39, 0.29) is 0 Å². The molecule has 0 atom stereocenters. The van der Waals surface area contributed by atoms with E-state index in [1.54, 1.807) is 34.5 Å². The van der Waals surface area contributed by atoms with Crippen molar-refractivity contribution in [1.29, 1.82) is 0 Å². The zero-order valence-electron chi connectivity index (χ0n) is 12.1. The molecule has 0 aromatic rings. The largest absolute Gasteiger partial charge is 0.108 e. The van der Waals surface area contributed by atoms with E-state index in [0.29, 0.717) is 0 Å². The average Bonchev–Trinajstić information content (AvgIpc) is 3.05. The molecule has 0 aliphatic carbocycles. The van der Waals surface area contributed by atoms with Gasteiger partial charge in [-0.1, -0.05) is 12.8 Å². The van der Waals surface area contributed by atoms with Crippen LogP contribution in [0.2, 0.25) is 0 Å². The molecule has 2 aliphatic rings. The lowest BCUT2D eigenvalue weighted by molar-refractivity contribution is 0.628. The number of hydrogen-bond acceptors (Lipinski definition) is 0. The molecular formula is C16H32S2+2. The van der Waals surface area contributed by atoms with Crippen molar-refractivity contribution in [2.45, 2.75) is 64.2 Å². The molecule has 0 bridgehead atoms. The van der Waals surface area contributed by atoms with Crippen molar-refractivity contribution in [1.82, 2.24) is 0 Å². The predicted octanol–water partition coefficient (Wildman–Crippen LogP) is 4.15. The van der Waals surface area contributed by atoms with Crippen molar-refractivity contribution in [3.05, 3.63) is 0 Å². The summed E-state index contributed by atoms with van der Waals surface area (Å²) in [5.41, 5.74) is 0. The summed E-state index contributed by atoms with van der Waals surface area (Å²) >= 11 is 0. The van der Waals surface area contributed by atoms with Gasteiger partial charge < -0.3 is 0 Å². The quantitative estimate of drug-likeness (QED) is 0.442. The Balaban J connectivity index is 1.31. The van der Waals surface area contributed by atoms with Gasteiger partial charge in [-0.3, -0.25) is 0 Å². The summed E-state index contributed by atoms with van der Waals surface area (Å²) in [5.74, 6) is 9.43. The zero-order chi connectivity index (χ0) is 12.5. The molecule has 2 heteroatoms. The molecule has 2 aliphatic heterocycles. The third-order valence-corrected chi connectivity index (χ3v) is 9.54. The minimum atomic E-state index is 0.863. The predicted molar refractivity (Wildman–Crippen MR) is 90.1 cm³/mol. The first-order chi connectivity index (χ1) is 8.95. The second kappa shape index (κ2) is 9.58. The molecule has 2 saturated heterocycles. The fraction of sp³-hybridized carbons (Fsp3) is 1.00. The molecule has 0 unspecified atom stereocenters. The third-order valence-electron chi connectivity index (χ3n) is 4.35. The molecular weight excluding hydrogens is 256 g/mol. The van der Waals surface area contributed by atoms with Gasteiger partial charge in [0, 0.05) is 0 Å². The lowest BCUT2D eigenvalue weighted by Gasteiger charge is -2.03. The molecule has 2 rings (SSSR count). The van der Waals surface area contributed by atoms with E-state index in [1.165, 1.54) is 64.2 Å². The Morgan fingerprint density at radius 1 is 0.444 bits per heavy atom. The Bertz CT molecular complexity index is 171. The second-order valence-corrected chi connectivity index (χ2v) is 10.9. The van der Waals surface area contributed by atoms with Crippen LogP contribution in [0.15, 0.2) is 0 Å². The molecule has 0 N–H and O–H groups in total. The van der Waals surface area contributed by atoms with Crippen LogP contribution < -0.4 is 0 Å². The average molecular weight is 289 g/mol. The van der Waals surface area contributed by atoms with Crippen LogP contribution in [0.25, 0.3) is 0 Å². The third kappa shape index (κ3) is 6.23. The fourth-order valence-corrected chi connectivity index (χ4v) is 8.06. The second-order valence-electron chi connectivity index (χ2n) is 5.99. The SMILES string of the molecule is C(CCCC[S+]1CCCC1)CCC[S+]1CCCC1. The Hall–Kier alpha value is 0.700. The van der Waals surface area contributed by atoms with Crippen LogP contribution in [0.1, 0.15) is 64.2 Å². The van der Waals surface area contributed by atoms with Gasteiger partial charge in [-0.15, -0.1) is 0 Å². The van der Waals surface area contributed by atoms with Crippen LogP contribution in [0, 0.1) is 0 Å². The Kier molecular flexibility index (Phi) is 8.03. The highest BCUT2D eigenvalue weighted by Gasteiger charge is 2.23. The van der Waals surface area contributed by atoms with E-state index >= 15 is 0 Å². The first-order valence-electron chi connectivity index (χ1n) is 8.23. The van der Waals surface area contributed by atoms with Crippen LogP contribution >= 0.6 is 0 Å². The number of hydrogen-bond donors (Lipinski definition) is 0. The van der Waals surface area contributed by atoms with Gasteiger partial charge in [0.25, 0.3) is 0 Å². The lowest BCUT2D eigenvalue weighted by atomic mass is 10.1. The van der Waals surface area contributed by atoms with Crippen molar-refractivity contribution < 1.29 is 0 Å². The van der Waals surface area contributed by atoms with Crippen LogP contribution in [-0.2, 0) is 21.8 Å². The molecule has 0 aromatic carbocycles. The van der Waals surface area contributed by atoms with E-state index in [1.807, 2.05) is 0 Å². The van der Waals surface area contributed by atoms with Gasteiger partial charge in [-0.05, 0) is 73.2 Å². The maximum absolute atomic E-state index is 1.57. The summed E-state index contributed by atoms with van der Waals surface area (Å²) in [4.78, 5) is 0. The Morgan fingerprint density at radius 2 is 0.778 bits per heavy atom. The molecule has 0 amide bonds. The minimum absolute atomic E-state index is 0.863. The Labute approximate surface area is 120 Å². The molecule has 2 fully saturated rings. The summed E-state index contributed by atoms with van der Waals surface area (Å²) in [6.07, 6.45) is 15.3. The van der Waals surface area contributed by atoms with Crippen molar-refractivity contribution in [2.75, 3.05) is 34.5 Å². The maximum Gasteiger partial charge on any atom is 0.108 e. The van der Waals surface area contributed by atoms with Crippen LogP contribution in [-0.4, -0.2) is 34.5 Å². The maximum atomic E-state index is 1.57. The molecule has 0 aromatic heterocycles. The van der Waals surface area contributed by atoms with Crippen molar-refractivity contribution in [3.63, 3.8) is 0 Å². The van der Waals surface area contributed by atoms with Gasteiger partial charge in [0.15, 0.2) is 0 Å². The summed E-state index contributed by atoms with van der Waals surface area (Å²) in [7, 11) is 1.73. The molecule has 2 heterocycles. The van der Waals surface area contributed by atoms with Gasteiger partial charge in [0.05, 0.1) is 0 Å². The summed E-state index contributed by atoms with van der Waals surface area (Å²) < 4.78 is 0. The normalized spacial score (nSPS) is 22.0. The molecule has 106 valence electrons. The van der Waals surface area contributed by atoms with Crippen LogP contribution in [0.5, 0.6) is 0 Å². The lowest BCUT2D eigenvalue weighted by Crippen LogP contribution is -2.09. The van der Waals surface area contributed by atoms with Gasteiger partial charge in [-0.2, -0.15) is 0 Å². The van der Waals surface area contributed by atoms with Crippen molar-refractivity contribution in [2.24, 2.45) is 0 Å². The first-order valence-corrected chi connectivity index (χ1v) is 11.7. The topological polar surface area (TPSA) is 0 Å². The monoisotopic (exact) mass is 288 g/mol. The van der Waals surface area contributed by atoms with Crippen LogP contribution in [0.4, 0.5) is 0 Å². The van der Waals surface area contributed by atoms with Crippen LogP contribution in [0.3, 0.4) is 0 Å². The molecule has 0 spiro atoms. The molecule has 0 radical (unpaired) electrons. The summed E-state index contributed by atoms with van der Waals surface area (Å²) in [6.45, 7) is 0. The zero-order valence-corrected chi connectivity index (χ0v) is 13.8. The summed E-state index contributed by atoms with van der Waals surface area (Å²) in [6, 6.07) is 0. The smallest absolute Gasteiger partial charge is 0.0531 e. The number of rotatable bonds is 9. The van der Waals surface area contributed by atoms with Gasteiger partial charge in [-0.25, -0.2) is 0 Å². The van der Waals surface area contributed by atoms with Gasteiger partial charge in [0.2, 0.25) is 0 Å². The van der Waals surface area contributed by atoms with Gasteiger partial charge >= 0.3 is 0 Å². The van der Waals surface area contributed by atoms with E-state index in [9.17, 15) is 0 Å². The number of unbranched alkanes of at least 4 members (excludes halogenated alkanes) is 5. The highest BCUT2D eigenvalue weighted by Crippen LogP contribution is 2.17. The molecule has 18 heavy (non-hydrogen) atoms. The van der Waals surface area contributed by atoms with Crippen molar-refractivity contribution in [3.8, 4) is 0 Å². The van der Waals surface area contributed by atoms with Gasteiger partial charge in [0.1, 0.15) is 34.5 Å². The Morgan fingerprint density at radius 3 is 1.17 bits per heavy atom. The standard InChI is InChI=1S/C16H32S2/c1(3-5-11-17-13-7-8-14-17)2-4-6-12-18-15-9-10-16-18/h1-16H2/q+2. The fourth-order valence-electron chi connectivity index (χ4n) is 3.16. The molecule has 0 nitrogen and oxygen atoms in total. The summed E-state index contributed by atoms with van der Waals surface area (Å²) in [5, 5.41) is 0. The van der Waals surface area contributed by atoms with E-state index < -0.39 is 0 Å². The molecule has 0 saturated carbocycles. The highest BCUT2D eigenvalue weighted by atomic mass is 32.2. The van der Waals surface area contributed by atoms with Crippen molar-refractivity contribution >= 4 is 21.8 Å². The van der Waals surface area contributed by atoms with E-state index in [0.717, 1.165) is 21.8 Å².